The second-order valence-corrected chi connectivity index (χ2v) is 9.81. The molecule has 1 N–H and O–H groups in total. The molecule has 5 heteroatoms. The predicted octanol–water partition coefficient (Wildman–Crippen LogP) is 5.11. The molecular weight excluding hydrogens is 448 g/mol. The molecule has 0 spiro atoms. The summed E-state index contributed by atoms with van der Waals surface area (Å²) in [6, 6.07) is 27.6. The van der Waals surface area contributed by atoms with E-state index >= 15 is 0 Å². The van der Waals surface area contributed by atoms with E-state index in [0.29, 0.717) is 25.3 Å². The number of carbonyl (C=O) groups is 2. The molecule has 1 fully saturated rings. The van der Waals surface area contributed by atoms with E-state index in [9.17, 15) is 9.59 Å². The summed E-state index contributed by atoms with van der Waals surface area (Å²) in [5, 5.41) is 3.17. The van der Waals surface area contributed by atoms with Gasteiger partial charge >= 0.3 is 0 Å². The van der Waals surface area contributed by atoms with Crippen molar-refractivity contribution in [3.63, 3.8) is 0 Å². The number of fused-ring (bicyclic) bond motifs is 1. The van der Waals surface area contributed by atoms with Crippen molar-refractivity contribution in [1.82, 2.24) is 10.2 Å². The Morgan fingerprint density at radius 3 is 2.22 bits per heavy atom. The van der Waals surface area contributed by atoms with Crippen molar-refractivity contribution in [2.24, 2.45) is 0 Å². The van der Waals surface area contributed by atoms with Crippen LogP contribution in [0.2, 0.25) is 0 Å². The number of ether oxygens (including phenoxy) is 1. The Morgan fingerprint density at radius 1 is 0.861 bits per heavy atom. The Labute approximate surface area is 213 Å². The number of hydrogen-bond acceptors (Lipinski definition) is 3. The molecule has 0 radical (unpaired) electrons. The predicted molar refractivity (Wildman–Crippen MR) is 141 cm³/mol. The van der Waals surface area contributed by atoms with Crippen molar-refractivity contribution < 1.29 is 14.3 Å². The molecule has 0 bridgehead atoms. The molecule has 0 unspecified atom stereocenters. The molecule has 2 atom stereocenters. The SMILES string of the molecule is O=C(NCCc1ccccc1)[C@@H]1c2ccccc2C(=O)N(C2CCCC2)[C@H]1COCc1ccccc1. The minimum Gasteiger partial charge on any atom is -0.375 e. The van der Waals surface area contributed by atoms with Crippen molar-refractivity contribution >= 4 is 11.8 Å². The zero-order valence-electron chi connectivity index (χ0n) is 20.6. The van der Waals surface area contributed by atoms with Gasteiger partial charge in [-0.05, 0) is 42.0 Å². The lowest BCUT2D eigenvalue weighted by molar-refractivity contribution is -0.125. The molecule has 2 amide bonds. The van der Waals surface area contributed by atoms with Gasteiger partial charge in [-0.3, -0.25) is 9.59 Å². The first-order valence-corrected chi connectivity index (χ1v) is 13.1. The quantitative estimate of drug-likeness (QED) is 0.461. The Hall–Kier alpha value is -3.44. The summed E-state index contributed by atoms with van der Waals surface area (Å²) in [6.07, 6.45) is 4.95. The molecule has 1 aliphatic carbocycles. The third-order valence-electron chi connectivity index (χ3n) is 7.46. The minimum absolute atomic E-state index is 0.0270. The van der Waals surface area contributed by atoms with Gasteiger partial charge < -0.3 is 15.0 Å². The molecule has 0 aromatic heterocycles. The van der Waals surface area contributed by atoms with Gasteiger partial charge in [-0.15, -0.1) is 0 Å². The highest BCUT2D eigenvalue weighted by atomic mass is 16.5. The zero-order valence-corrected chi connectivity index (χ0v) is 20.6. The number of nitrogens with zero attached hydrogens (tertiary/aromatic N) is 1. The average Bonchev–Trinajstić information content (AvgIpc) is 3.45. The summed E-state index contributed by atoms with van der Waals surface area (Å²) in [4.78, 5) is 29.5. The van der Waals surface area contributed by atoms with Crippen molar-refractivity contribution in [3.8, 4) is 0 Å². The molecule has 36 heavy (non-hydrogen) atoms. The highest BCUT2D eigenvalue weighted by molar-refractivity contribution is 6.01. The number of nitrogens with one attached hydrogen (secondary N) is 1. The molecule has 5 rings (SSSR count). The van der Waals surface area contributed by atoms with Crippen LogP contribution >= 0.6 is 0 Å². The van der Waals surface area contributed by atoms with Gasteiger partial charge in [0.05, 0.1) is 25.2 Å². The summed E-state index contributed by atoms with van der Waals surface area (Å²) in [7, 11) is 0. The maximum absolute atomic E-state index is 13.8. The first-order valence-electron chi connectivity index (χ1n) is 13.1. The number of hydrogen-bond donors (Lipinski definition) is 1. The van der Waals surface area contributed by atoms with Gasteiger partial charge in [-0.1, -0.05) is 91.7 Å². The number of carbonyl (C=O) groups excluding carboxylic acids is 2. The molecule has 1 aliphatic heterocycles. The molecule has 1 saturated carbocycles. The second kappa shape index (κ2) is 11.5. The van der Waals surface area contributed by atoms with E-state index in [1.54, 1.807) is 0 Å². The topological polar surface area (TPSA) is 58.6 Å². The average molecular weight is 483 g/mol. The third kappa shape index (κ3) is 5.36. The van der Waals surface area contributed by atoms with Crippen molar-refractivity contribution in [1.29, 1.82) is 0 Å². The van der Waals surface area contributed by atoms with Gasteiger partial charge in [0.2, 0.25) is 5.91 Å². The van der Waals surface area contributed by atoms with Crippen LogP contribution in [0.4, 0.5) is 0 Å². The van der Waals surface area contributed by atoms with Crippen LogP contribution in [0.15, 0.2) is 84.9 Å². The smallest absolute Gasteiger partial charge is 0.254 e. The standard InChI is InChI=1S/C31H34N2O3/c34-30(32-20-19-23-11-3-1-4-12-23)29-26-17-9-10-18-27(26)31(35)33(25-15-7-8-16-25)28(29)22-36-21-24-13-5-2-6-14-24/h1-6,9-14,17-18,25,28-29H,7-8,15-16,19-22H2,(H,32,34)/t28-,29+/m0/s1. The van der Waals surface area contributed by atoms with Crippen molar-refractivity contribution in [2.45, 2.75) is 56.7 Å². The van der Waals surface area contributed by atoms with Crippen LogP contribution in [0.3, 0.4) is 0 Å². The lowest BCUT2D eigenvalue weighted by atomic mass is 9.81. The van der Waals surface area contributed by atoms with Crippen LogP contribution in [-0.4, -0.2) is 41.9 Å². The third-order valence-corrected chi connectivity index (χ3v) is 7.46. The lowest BCUT2D eigenvalue weighted by Crippen LogP contribution is -2.57. The number of benzene rings is 3. The van der Waals surface area contributed by atoms with E-state index in [1.165, 1.54) is 5.56 Å². The minimum atomic E-state index is -0.467. The Morgan fingerprint density at radius 2 is 1.50 bits per heavy atom. The van der Waals surface area contributed by atoms with Crippen LogP contribution in [0.1, 0.15) is 58.6 Å². The van der Waals surface area contributed by atoms with Gasteiger partial charge in [0.15, 0.2) is 0 Å². The van der Waals surface area contributed by atoms with Crippen molar-refractivity contribution in [2.75, 3.05) is 13.2 Å². The summed E-state index contributed by atoms with van der Waals surface area (Å²) in [5.41, 5.74) is 3.72. The fourth-order valence-corrected chi connectivity index (χ4v) is 5.69. The summed E-state index contributed by atoms with van der Waals surface area (Å²) >= 11 is 0. The van der Waals surface area contributed by atoms with E-state index < -0.39 is 5.92 Å². The van der Waals surface area contributed by atoms with E-state index in [2.05, 4.69) is 17.4 Å². The van der Waals surface area contributed by atoms with E-state index in [-0.39, 0.29) is 23.9 Å². The van der Waals surface area contributed by atoms with Crippen LogP contribution in [-0.2, 0) is 22.6 Å². The maximum Gasteiger partial charge on any atom is 0.254 e. The Balaban J connectivity index is 1.40. The molecule has 5 nitrogen and oxygen atoms in total. The lowest BCUT2D eigenvalue weighted by Gasteiger charge is -2.44. The highest BCUT2D eigenvalue weighted by Crippen LogP contribution is 2.38. The van der Waals surface area contributed by atoms with Crippen LogP contribution in [0.5, 0.6) is 0 Å². The largest absolute Gasteiger partial charge is 0.375 e. The Bertz CT molecular complexity index is 1160. The van der Waals surface area contributed by atoms with Crippen LogP contribution in [0.25, 0.3) is 0 Å². The molecule has 2 aliphatic rings. The first kappa shape index (κ1) is 24.3. The summed E-state index contributed by atoms with van der Waals surface area (Å²) in [6.45, 7) is 1.33. The van der Waals surface area contributed by atoms with Crippen molar-refractivity contribution in [3.05, 3.63) is 107 Å². The van der Waals surface area contributed by atoms with Gasteiger partial charge in [0.25, 0.3) is 5.91 Å². The molecule has 186 valence electrons. The monoisotopic (exact) mass is 482 g/mol. The molecule has 0 saturated heterocycles. The summed E-state index contributed by atoms with van der Waals surface area (Å²) in [5.74, 6) is -0.479. The van der Waals surface area contributed by atoms with Gasteiger partial charge in [0.1, 0.15) is 0 Å². The number of amides is 2. The first-order chi connectivity index (χ1) is 17.7. The number of rotatable bonds is 9. The fourth-order valence-electron chi connectivity index (χ4n) is 5.69. The normalized spacial score (nSPS) is 19.8. The van der Waals surface area contributed by atoms with E-state index in [1.807, 2.05) is 77.7 Å². The fraction of sp³-hybridized carbons (Fsp3) is 0.355. The van der Waals surface area contributed by atoms with Gasteiger partial charge in [0, 0.05) is 18.2 Å². The Kier molecular flexibility index (Phi) is 7.77. The molecular formula is C31H34N2O3. The molecule has 1 heterocycles. The summed E-state index contributed by atoms with van der Waals surface area (Å²) < 4.78 is 6.19. The maximum atomic E-state index is 13.8. The van der Waals surface area contributed by atoms with Gasteiger partial charge in [-0.25, -0.2) is 0 Å². The zero-order chi connectivity index (χ0) is 24.7. The second-order valence-electron chi connectivity index (χ2n) is 9.81. The van der Waals surface area contributed by atoms with Gasteiger partial charge in [-0.2, -0.15) is 0 Å². The van der Waals surface area contributed by atoms with Crippen LogP contribution in [0, 0.1) is 0 Å². The molecule has 3 aromatic carbocycles. The van der Waals surface area contributed by atoms with E-state index in [4.69, 9.17) is 4.74 Å². The van der Waals surface area contributed by atoms with Crippen LogP contribution < -0.4 is 5.32 Å². The molecule has 3 aromatic rings. The van der Waals surface area contributed by atoms with E-state index in [0.717, 1.165) is 43.2 Å². The highest BCUT2D eigenvalue weighted by Gasteiger charge is 2.46.